The smallest absolute Gasteiger partial charge is 0.157 e. The predicted molar refractivity (Wildman–Crippen MR) is 76.5 cm³/mol. The molecule has 7 heteroatoms. The van der Waals surface area contributed by atoms with Crippen LogP contribution in [0.3, 0.4) is 0 Å². The van der Waals surface area contributed by atoms with Crippen LogP contribution in [0.15, 0.2) is 6.33 Å². The highest BCUT2D eigenvalue weighted by Crippen LogP contribution is 2.28. The number of hydrogen-bond donors (Lipinski definition) is 2. The Hall–Kier alpha value is -1.60. The number of hydrogen-bond acceptors (Lipinski definition) is 7. The molecule has 0 bridgehead atoms. The van der Waals surface area contributed by atoms with E-state index in [1.165, 1.54) is 0 Å². The third-order valence-electron chi connectivity index (χ3n) is 3.35. The zero-order chi connectivity index (χ0) is 13.8. The predicted octanol–water partition coefficient (Wildman–Crippen LogP) is -0.761. The van der Waals surface area contributed by atoms with Gasteiger partial charge in [0.2, 0.25) is 0 Å². The third-order valence-corrected chi connectivity index (χ3v) is 3.35. The molecule has 0 radical (unpaired) electrons. The number of aromatic nitrogens is 2. The second kappa shape index (κ2) is 6.03. The maximum absolute atomic E-state index is 8.94. The number of aliphatic hydroxyl groups excluding tert-OH is 1. The Morgan fingerprint density at radius 3 is 2.53 bits per heavy atom. The van der Waals surface area contributed by atoms with Crippen molar-refractivity contribution in [2.24, 2.45) is 0 Å². The largest absolute Gasteiger partial charge is 0.395 e. The van der Waals surface area contributed by atoms with E-state index in [4.69, 9.17) is 10.8 Å². The van der Waals surface area contributed by atoms with Crippen LogP contribution in [-0.4, -0.2) is 73.4 Å². The molecule has 3 N–H and O–H groups in total. The van der Waals surface area contributed by atoms with Gasteiger partial charge in [0.15, 0.2) is 11.6 Å². The summed E-state index contributed by atoms with van der Waals surface area (Å²) in [6.07, 6.45) is 1.56. The van der Waals surface area contributed by atoms with Gasteiger partial charge >= 0.3 is 0 Å². The summed E-state index contributed by atoms with van der Waals surface area (Å²) in [5, 5.41) is 8.94. The molecule has 1 aliphatic rings. The van der Waals surface area contributed by atoms with Crippen LogP contribution < -0.4 is 15.5 Å². The van der Waals surface area contributed by atoms with Crippen LogP contribution in [-0.2, 0) is 0 Å². The molecule has 1 aromatic rings. The SMILES string of the molecule is CN(C)c1ncnc(N2CCN(CCO)CC2)c1N. The average Bonchev–Trinajstić information content (AvgIpc) is 2.40. The van der Waals surface area contributed by atoms with Crippen molar-refractivity contribution in [3.63, 3.8) is 0 Å². The minimum Gasteiger partial charge on any atom is -0.395 e. The van der Waals surface area contributed by atoms with Crippen LogP contribution in [0.2, 0.25) is 0 Å². The lowest BCUT2D eigenvalue weighted by atomic mass is 10.3. The molecule has 0 amide bonds. The molecule has 2 heterocycles. The number of β-amino-alcohol motifs (C(OH)–C–C–N with tert-alkyl or cyclic N) is 1. The molecular weight excluding hydrogens is 244 g/mol. The van der Waals surface area contributed by atoms with E-state index in [-0.39, 0.29) is 6.61 Å². The fourth-order valence-corrected chi connectivity index (χ4v) is 2.31. The molecule has 1 aliphatic heterocycles. The number of piperazine rings is 1. The Balaban J connectivity index is 2.09. The van der Waals surface area contributed by atoms with Crippen LogP contribution in [0.1, 0.15) is 0 Å². The zero-order valence-electron chi connectivity index (χ0n) is 11.6. The van der Waals surface area contributed by atoms with E-state index in [0.29, 0.717) is 5.69 Å². The maximum Gasteiger partial charge on any atom is 0.157 e. The highest BCUT2D eigenvalue weighted by atomic mass is 16.3. The molecule has 0 aromatic carbocycles. The number of nitrogen functional groups attached to an aromatic ring is 1. The highest BCUT2D eigenvalue weighted by molar-refractivity contribution is 5.75. The van der Waals surface area contributed by atoms with Crippen molar-refractivity contribution in [2.75, 3.05) is 69.0 Å². The van der Waals surface area contributed by atoms with E-state index < -0.39 is 0 Å². The van der Waals surface area contributed by atoms with E-state index in [1.807, 2.05) is 19.0 Å². The number of nitrogens with two attached hydrogens (primary N) is 1. The lowest BCUT2D eigenvalue weighted by Crippen LogP contribution is -2.47. The van der Waals surface area contributed by atoms with Gasteiger partial charge in [-0.25, -0.2) is 9.97 Å². The van der Waals surface area contributed by atoms with Crippen LogP contribution in [0, 0.1) is 0 Å². The summed E-state index contributed by atoms with van der Waals surface area (Å²) in [5.74, 6) is 1.56. The van der Waals surface area contributed by atoms with Crippen molar-refractivity contribution >= 4 is 17.3 Å². The van der Waals surface area contributed by atoms with Gasteiger partial charge in [-0.15, -0.1) is 0 Å². The molecule has 7 nitrogen and oxygen atoms in total. The second-order valence-corrected chi connectivity index (χ2v) is 4.88. The van der Waals surface area contributed by atoms with Gasteiger partial charge in [0.05, 0.1) is 6.61 Å². The van der Waals surface area contributed by atoms with Gasteiger partial charge < -0.3 is 20.6 Å². The Labute approximate surface area is 113 Å². The molecule has 0 unspecified atom stereocenters. The van der Waals surface area contributed by atoms with E-state index >= 15 is 0 Å². The fourth-order valence-electron chi connectivity index (χ4n) is 2.31. The zero-order valence-corrected chi connectivity index (χ0v) is 11.6. The van der Waals surface area contributed by atoms with Crippen molar-refractivity contribution in [2.45, 2.75) is 0 Å². The third kappa shape index (κ3) is 3.05. The molecule has 0 spiro atoms. The average molecular weight is 266 g/mol. The van der Waals surface area contributed by atoms with Crippen LogP contribution in [0.4, 0.5) is 17.3 Å². The standard InChI is InChI=1S/C12H22N6O/c1-16(2)11-10(13)12(15-9-14-11)18-5-3-17(4-6-18)7-8-19/h9,19H,3-8,13H2,1-2H3. The van der Waals surface area contributed by atoms with Crippen LogP contribution in [0.25, 0.3) is 0 Å². The van der Waals surface area contributed by atoms with Gasteiger partial charge in [-0.2, -0.15) is 0 Å². The Bertz CT molecular complexity index is 417. The van der Waals surface area contributed by atoms with Gasteiger partial charge in [0.1, 0.15) is 12.0 Å². The summed E-state index contributed by atoms with van der Waals surface area (Å²) in [5.41, 5.74) is 6.77. The Morgan fingerprint density at radius 1 is 1.26 bits per heavy atom. The first kappa shape index (κ1) is 13.8. The highest BCUT2D eigenvalue weighted by Gasteiger charge is 2.21. The minimum absolute atomic E-state index is 0.209. The summed E-state index contributed by atoms with van der Waals surface area (Å²) >= 11 is 0. The number of rotatable bonds is 4. The van der Waals surface area contributed by atoms with Crippen molar-refractivity contribution in [3.05, 3.63) is 6.33 Å². The van der Waals surface area contributed by atoms with Crippen LogP contribution in [0.5, 0.6) is 0 Å². The fraction of sp³-hybridized carbons (Fsp3) is 0.667. The van der Waals surface area contributed by atoms with Gasteiger partial charge in [-0.05, 0) is 0 Å². The first-order valence-corrected chi connectivity index (χ1v) is 6.49. The van der Waals surface area contributed by atoms with Gasteiger partial charge in [0, 0.05) is 46.8 Å². The molecular formula is C12H22N6O. The maximum atomic E-state index is 8.94. The second-order valence-electron chi connectivity index (χ2n) is 4.88. The number of aliphatic hydroxyl groups is 1. The summed E-state index contributed by atoms with van der Waals surface area (Å²) in [4.78, 5) is 14.8. The molecule has 1 aromatic heterocycles. The Morgan fingerprint density at radius 2 is 1.95 bits per heavy atom. The van der Waals surface area contributed by atoms with Crippen molar-refractivity contribution < 1.29 is 5.11 Å². The topological polar surface area (TPSA) is 81.8 Å². The molecule has 106 valence electrons. The lowest BCUT2D eigenvalue weighted by molar-refractivity contribution is 0.188. The number of anilines is 3. The van der Waals surface area contributed by atoms with Gasteiger partial charge in [-0.3, -0.25) is 4.90 Å². The summed E-state index contributed by atoms with van der Waals surface area (Å²) in [6, 6.07) is 0. The summed E-state index contributed by atoms with van der Waals surface area (Å²) in [6.45, 7) is 4.52. The van der Waals surface area contributed by atoms with E-state index in [2.05, 4.69) is 19.8 Å². The normalized spacial score (nSPS) is 16.7. The van der Waals surface area contributed by atoms with E-state index in [1.54, 1.807) is 6.33 Å². The molecule has 0 saturated carbocycles. The van der Waals surface area contributed by atoms with Gasteiger partial charge in [0.25, 0.3) is 0 Å². The molecule has 1 saturated heterocycles. The summed E-state index contributed by atoms with van der Waals surface area (Å²) in [7, 11) is 3.84. The molecule has 0 aliphatic carbocycles. The van der Waals surface area contributed by atoms with Crippen molar-refractivity contribution in [3.8, 4) is 0 Å². The number of nitrogens with zero attached hydrogens (tertiary/aromatic N) is 5. The quantitative estimate of drug-likeness (QED) is 0.741. The van der Waals surface area contributed by atoms with Crippen molar-refractivity contribution in [1.82, 2.24) is 14.9 Å². The van der Waals surface area contributed by atoms with E-state index in [9.17, 15) is 0 Å². The first-order chi connectivity index (χ1) is 9.13. The molecule has 0 atom stereocenters. The van der Waals surface area contributed by atoms with Gasteiger partial charge in [-0.1, -0.05) is 0 Å². The minimum atomic E-state index is 0.209. The van der Waals surface area contributed by atoms with Crippen molar-refractivity contribution in [1.29, 1.82) is 0 Å². The molecule has 1 fully saturated rings. The lowest BCUT2D eigenvalue weighted by Gasteiger charge is -2.35. The van der Waals surface area contributed by atoms with Crippen LogP contribution >= 0.6 is 0 Å². The molecule has 19 heavy (non-hydrogen) atoms. The molecule has 2 rings (SSSR count). The monoisotopic (exact) mass is 266 g/mol. The summed E-state index contributed by atoms with van der Waals surface area (Å²) < 4.78 is 0. The Kier molecular flexibility index (Phi) is 4.39. The van der Waals surface area contributed by atoms with E-state index in [0.717, 1.165) is 44.4 Å². The first-order valence-electron chi connectivity index (χ1n) is 6.49.